The molecule has 1 aliphatic carbocycles. The van der Waals surface area contributed by atoms with Crippen molar-refractivity contribution in [1.29, 1.82) is 0 Å². The smallest absolute Gasteiger partial charge is 0.462 e. The molecule has 13 nitrogen and oxygen atoms in total. The Balaban J connectivity index is 2.69. The molecular formula is C37H57O13P. The highest BCUT2D eigenvalue weighted by atomic mass is 31.2. The minimum atomic E-state index is -5.14. The number of carbonyl (C=O) groups is 2. The van der Waals surface area contributed by atoms with E-state index in [4.69, 9.17) is 18.5 Å². The van der Waals surface area contributed by atoms with Gasteiger partial charge in [-0.25, -0.2) is 4.57 Å². The van der Waals surface area contributed by atoms with Crippen molar-refractivity contribution >= 4 is 19.8 Å². The van der Waals surface area contributed by atoms with Gasteiger partial charge in [-0.15, -0.1) is 0 Å². The Hall–Kier alpha value is -2.97. The lowest BCUT2D eigenvalue weighted by Crippen LogP contribution is -2.64. The maximum Gasteiger partial charge on any atom is 0.472 e. The molecule has 14 heteroatoms. The van der Waals surface area contributed by atoms with Crippen LogP contribution in [0.25, 0.3) is 0 Å². The van der Waals surface area contributed by atoms with Crippen LogP contribution in [0.3, 0.4) is 0 Å². The van der Waals surface area contributed by atoms with E-state index in [2.05, 4.69) is 32.1 Å². The van der Waals surface area contributed by atoms with Gasteiger partial charge in [-0.2, -0.15) is 0 Å². The molecule has 0 bridgehead atoms. The van der Waals surface area contributed by atoms with Crippen molar-refractivity contribution in [2.24, 2.45) is 0 Å². The van der Waals surface area contributed by atoms with Crippen LogP contribution in [0.2, 0.25) is 0 Å². The van der Waals surface area contributed by atoms with Crippen LogP contribution in [0.5, 0.6) is 0 Å². The number of carbonyl (C=O) groups excluding carboxylic acids is 2. The largest absolute Gasteiger partial charge is 0.472 e. The molecule has 6 N–H and O–H groups in total. The van der Waals surface area contributed by atoms with Gasteiger partial charge < -0.3 is 39.9 Å². The molecule has 1 aliphatic rings. The third-order valence-electron chi connectivity index (χ3n) is 7.36. The summed E-state index contributed by atoms with van der Waals surface area (Å²) in [7, 11) is -5.14. The Bertz CT molecular complexity index is 1220. The van der Waals surface area contributed by atoms with Crippen LogP contribution in [0, 0.1) is 0 Å². The lowest BCUT2D eigenvalue weighted by molar-refractivity contribution is -0.220. The standard InChI is InChI=1S/C37H57O13P/c1-3-5-7-9-11-13-14-15-16-18-20-22-24-26-31(39)49-29(27-47-30(38)25-23-21-19-17-12-10-8-6-4-2)28-48-51(45,46)50-37-35(43)33(41)32(40)34(42)36(37)44/h5-9,11-18,20,29,32-37,40-44H,3-4,10,19,21-28H2,1-2H3,(H,45,46)/b7-5+,8-6+,11-9+,14-13+,16-15+,17-12+,20-18+/t29?,32?,33-,34?,35?,36?,37?/m1/s1. The van der Waals surface area contributed by atoms with E-state index in [-0.39, 0.29) is 12.8 Å². The van der Waals surface area contributed by atoms with E-state index in [9.17, 15) is 44.6 Å². The summed E-state index contributed by atoms with van der Waals surface area (Å²) in [5, 5.41) is 49.8. The molecule has 288 valence electrons. The van der Waals surface area contributed by atoms with Gasteiger partial charge in [-0.3, -0.25) is 18.6 Å². The fraction of sp³-hybridized carbons (Fsp3) is 0.568. The molecule has 0 saturated heterocycles. The molecule has 1 fully saturated rings. The van der Waals surface area contributed by atoms with Crippen molar-refractivity contribution in [3.8, 4) is 0 Å². The summed E-state index contributed by atoms with van der Waals surface area (Å²) in [6.45, 7) is 2.86. The molecule has 7 unspecified atom stereocenters. The average molecular weight is 741 g/mol. The van der Waals surface area contributed by atoms with Gasteiger partial charge in [0.2, 0.25) is 0 Å². The number of allylic oxidation sites excluding steroid dienone is 14. The van der Waals surface area contributed by atoms with E-state index in [0.29, 0.717) is 19.3 Å². The molecule has 0 heterocycles. The molecule has 1 rings (SSSR count). The maximum absolute atomic E-state index is 12.7. The summed E-state index contributed by atoms with van der Waals surface area (Å²) >= 11 is 0. The number of hydrogen-bond donors (Lipinski definition) is 6. The minimum Gasteiger partial charge on any atom is -0.462 e. The highest BCUT2D eigenvalue weighted by molar-refractivity contribution is 7.47. The summed E-state index contributed by atoms with van der Waals surface area (Å²) in [6, 6.07) is 0. The summed E-state index contributed by atoms with van der Waals surface area (Å²) in [6.07, 6.45) is 19.9. The van der Waals surface area contributed by atoms with E-state index in [1.54, 1.807) is 0 Å². The maximum atomic E-state index is 12.7. The molecule has 0 aromatic heterocycles. The van der Waals surface area contributed by atoms with Gasteiger partial charge in [0.05, 0.1) is 6.61 Å². The highest BCUT2D eigenvalue weighted by Crippen LogP contribution is 2.47. The van der Waals surface area contributed by atoms with E-state index < -0.39 is 75.7 Å². The number of unbranched alkanes of at least 4 members (excludes halogenated alkanes) is 3. The number of phosphoric ester groups is 1. The van der Waals surface area contributed by atoms with Gasteiger partial charge in [0.25, 0.3) is 0 Å². The van der Waals surface area contributed by atoms with Gasteiger partial charge >= 0.3 is 19.8 Å². The van der Waals surface area contributed by atoms with Crippen LogP contribution in [-0.4, -0.2) is 98.3 Å². The Kier molecular flexibility index (Phi) is 25.0. The molecule has 0 aromatic rings. The first-order chi connectivity index (χ1) is 24.4. The van der Waals surface area contributed by atoms with Gasteiger partial charge in [-0.1, -0.05) is 98.9 Å². The fourth-order valence-electron chi connectivity index (χ4n) is 4.53. The van der Waals surface area contributed by atoms with Crippen LogP contribution in [0.4, 0.5) is 0 Å². The molecule has 0 aliphatic heterocycles. The van der Waals surface area contributed by atoms with Crippen LogP contribution >= 0.6 is 7.82 Å². The molecule has 1 saturated carbocycles. The number of aliphatic hydroxyl groups excluding tert-OH is 5. The Morgan fingerprint density at radius 2 is 1.16 bits per heavy atom. The quantitative estimate of drug-likeness (QED) is 0.0249. The zero-order valence-corrected chi connectivity index (χ0v) is 30.5. The molecule has 0 spiro atoms. The van der Waals surface area contributed by atoms with E-state index in [0.717, 1.165) is 32.1 Å². The van der Waals surface area contributed by atoms with Crippen molar-refractivity contribution in [2.75, 3.05) is 13.2 Å². The number of rotatable bonds is 25. The van der Waals surface area contributed by atoms with Crippen LogP contribution in [0.15, 0.2) is 85.1 Å². The third kappa shape index (κ3) is 21.2. The number of aliphatic hydroxyl groups is 5. The summed E-state index contributed by atoms with van der Waals surface area (Å²) < 4.78 is 33.1. The molecule has 8 atom stereocenters. The molecule has 0 amide bonds. The van der Waals surface area contributed by atoms with Crippen LogP contribution in [-0.2, 0) is 32.7 Å². The average Bonchev–Trinajstić information content (AvgIpc) is 3.10. The van der Waals surface area contributed by atoms with E-state index in [1.165, 1.54) is 0 Å². The second-order valence-electron chi connectivity index (χ2n) is 11.7. The first-order valence-electron chi connectivity index (χ1n) is 17.5. The number of ether oxygens (including phenoxy) is 2. The fourth-order valence-corrected chi connectivity index (χ4v) is 5.50. The van der Waals surface area contributed by atoms with Gasteiger partial charge in [-0.05, 0) is 51.4 Å². The molecule has 0 aromatic carbocycles. The topological polar surface area (TPSA) is 210 Å². The molecular weight excluding hydrogens is 683 g/mol. The van der Waals surface area contributed by atoms with E-state index in [1.807, 2.05) is 66.8 Å². The zero-order valence-electron chi connectivity index (χ0n) is 29.6. The number of esters is 2. The lowest BCUT2D eigenvalue weighted by atomic mass is 9.85. The first-order valence-corrected chi connectivity index (χ1v) is 19.0. The normalized spacial score (nSPS) is 24.9. The Labute approximate surface area is 301 Å². The van der Waals surface area contributed by atoms with Crippen LogP contribution < -0.4 is 0 Å². The third-order valence-corrected chi connectivity index (χ3v) is 8.35. The Morgan fingerprint density at radius 3 is 1.78 bits per heavy atom. The molecule has 51 heavy (non-hydrogen) atoms. The van der Waals surface area contributed by atoms with Crippen molar-refractivity contribution in [3.63, 3.8) is 0 Å². The minimum absolute atomic E-state index is 0.0118. The van der Waals surface area contributed by atoms with Crippen molar-refractivity contribution < 1.29 is 63.1 Å². The summed E-state index contributed by atoms with van der Waals surface area (Å²) in [5.74, 6) is -1.25. The van der Waals surface area contributed by atoms with Crippen molar-refractivity contribution in [2.45, 2.75) is 121 Å². The predicted molar refractivity (Wildman–Crippen MR) is 193 cm³/mol. The second-order valence-corrected chi connectivity index (χ2v) is 13.1. The molecule has 0 radical (unpaired) electrons. The summed E-state index contributed by atoms with van der Waals surface area (Å²) in [5.41, 5.74) is 0. The highest BCUT2D eigenvalue weighted by Gasteiger charge is 2.51. The van der Waals surface area contributed by atoms with Crippen molar-refractivity contribution in [1.82, 2.24) is 0 Å². The Morgan fingerprint density at radius 1 is 0.627 bits per heavy atom. The number of hydrogen-bond acceptors (Lipinski definition) is 12. The van der Waals surface area contributed by atoms with Gasteiger partial charge in [0, 0.05) is 12.8 Å². The van der Waals surface area contributed by atoms with Crippen molar-refractivity contribution in [3.05, 3.63) is 85.1 Å². The predicted octanol–water partition coefficient (Wildman–Crippen LogP) is 4.60. The SMILES string of the molecule is CC/C=C/C=C/C=C/C=C/C=C/CCCC(=O)OC(COC(=O)CCCC/C=C/C/C=C/CC)COP(=O)(O)OC1C(O)C(O)C(O)[C@@H](O)C1O. The second kappa shape index (κ2) is 27.7. The monoisotopic (exact) mass is 740 g/mol. The van der Waals surface area contributed by atoms with Gasteiger partial charge in [0.1, 0.15) is 43.2 Å². The first kappa shape index (κ1) is 46.1. The number of phosphoric acid groups is 1. The van der Waals surface area contributed by atoms with Gasteiger partial charge in [0.15, 0.2) is 6.10 Å². The zero-order chi connectivity index (χ0) is 37.9. The lowest BCUT2D eigenvalue weighted by Gasteiger charge is -2.41. The summed E-state index contributed by atoms with van der Waals surface area (Å²) in [4.78, 5) is 35.2. The van der Waals surface area contributed by atoms with Crippen LogP contribution in [0.1, 0.15) is 78.1 Å². The van der Waals surface area contributed by atoms with E-state index >= 15 is 0 Å².